The Balaban J connectivity index is 1.68. The molecule has 142 valence electrons. The van der Waals surface area contributed by atoms with Gasteiger partial charge in [-0.25, -0.2) is 9.37 Å². The number of aryl methyl sites for hydroxylation is 1. The number of hydrogen-bond donors (Lipinski definition) is 1. The number of rotatable bonds is 6. The Labute approximate surface area is 160 Å². The molecule has 3 aromatic rings. The van der Waals surface area contributed by atoms with E-state index in [1.54, 1.807) is 33.9 Å². The van der Waals surface area contributed by atoms with E-state index in [1.165, 1.54) is 17.0 Å². The highest BCUT2D eigenvalue weighted by Crippen LogP contribution is 2.39. The van der Waals surface area contributed by atoms with E-state index in [2.05, 4.69) is 4.90 Å². The zero-order valence-corrected chi connectivity index (χ0v) is 16.0. The summed E-state index contributed by atoms with van der Waals surface area (Å²) in [5.74, 6) is -0.0337. The van der Waals surface area contributed by atoms with Gasteiger partial charge in [0, 0.05) is 41.4 Å². The Hall–Kier alpha value is -2.25. The van der Waals surface area contributed by atoms with Crippen molar-refractivity contribution in [2.75, 3.05) is 18.1 Å². The van der Waals surface area contributed by atoms with Crippen LogP contribution in [0.2, 0.25) is 0 Å². The Morgan fingerprint density at radius 1 is 1.37 bits per heavy atom. The minimum absolute atomic E-state index is 0.0625. The lowest BCUT2D eigenvalue weighted by Crippen LogP contribution is -2.25. The number of nitrogens with zero attached hydrogens (tertiary/aromatic N) is 3. The van der Waals surface area contributed by atoms with Gasteiger partial charge in [0.25, 0.3) is 5.56 Å². The number of anilines is 1. The van der Waals surface area contributed by atoms with Gasteiger partial charge in [-0.15, -0.1) is 11.3 Å². The van der Waals surface area contributed by atoms with Crippen LogP contribution in [0.4, 0.5) is 10.1 Å². The summed E-state index contributed by atoms with van der Waals surface area (Å²) >= 11 is 1.58. The van der Waals surface area contributed by atoms with Crippen molar-refractivity contribution >= 4 is 22.0 Å². The third-order valence-corrected chi connectivity index (χ3v) is 6.31. The van der Waals surface area contributed by atoms with Crippen LogP contribution in [-0.2, 0) is 13.0 Å². The fourth-order valence-electron chi connectivity index (χ4n) is 3.87. The molecule has 1 N–H and O–H groups in total. The maximum atomic E-state index is 13.2. The number of fused-ring (bicyclic) bond motifs is 3. The molecule has 1 aliphatic carbocycles. The zero-order chi connectivity index (χ0) is 19.0. The molecule has 7 heteroatoms. The van der Waals surface area contributed by atoms with Gasteiger partial charge in [0.1, 0.15) is 5.82 Å². The van der Waals surface area contributed by atoms with E-state index in [1.807, 2.05) is 6.92 Å². The Morgan fingerprint density at radius 2 is 2.15 bits per heavy atom. The lowest BCUT2D eigenvalue weighted by Gasteiger charge is -2.22. The van der Waals surface area contributed by atoms with E-state index in [9.17, 15) is 14.3 Å². The van der Waals surface area contributed by atoms with E-state index in [4.69, 9.17) is 4.98 Å². The number of aliphatic hydroxyl groups excluding tert-OH is 1. The number of hydrogen-bond acceptors (Lipinski definition) is 5. The Morgan fingerprint density at radius 3 is 2.85 bits per heavy atom. The molecule has 27 heavy (non-hydrogen) atoms. The Kier molecular flexibility index (Phi) is 4.97. The lowest BCUT2D eigenvalue weighted by molar-refractivity contribution is 0.274. The molecule has 1 unspecified atom stereocenters. The van der Waals surface area contributed by atoms with Crippen LogP contribution in [0.3, 0.4) is 0 Å². The molecule has 0 saturated heterocycles. The van der Waals surface area contributed by atoms with Gasteiger partial charge in [-0.2, -0.15) is 0 Å². The van der Waals surface area contributed by atoms with Crippen molar-refractivity contribution in [2.24, 2.45) is 0 Å². The normalized spacial score (nSPS) is 16.0. The summed E-state index contributed by atoms with van der Waals surface area (Å²) in [7, 11) is 0. The molecule has 0 saturated carbocycles. The molecule has 5 nitrogen and oxygen atoms in total. The second kappa shape index (κ2) is 7.40. The van der Waals surface area contributed by atoms with E-state index in [0.717, 1.165) is 35.7 Å². The van der Waals surface area contributed by atoms with Crippen LogP contribution in [0.1, 0.15) is 41.9 Å². The van der Waals surface area contributed by atoms with Gasteiger partial charge in [0.05, 0.1) is 12.2 Å². The summed E-state index contributed by atoms with van der Waals surface area (Å²) in [6.07, 6.45) is 2.61. The highest BCUT2D eigenvalue weighted by molar-refractivity contribution is 7.17. The molecule has 0 amide bonds. The smallest absolute Gasteiger partial charge is 0.259 e. The van der Waals surface area contributed by atoms with Gasteiger partial charge in [-0.1, -0.05) is 0 Å². The predicted octanol–water partition coefficient (Wildman–Crippen LogP) is 3.33. The summed E-state index contributed by atoms with van der Waals surface area (Å²) in [6.45, 7) is 3.38. The molecule has 0 fully saturated rings. The third kappa shape index (κ3) is 3.37. The van der Waals surface area contributed by atoms with Gasteiger partial charge < -0.3 is 10.0 Å². The molecule has 4 rings (SSSR count). The van der Waals surface area contributed by atoms with Gasteiger partial charge >= 0.3 is 0 Å². The number of aliphatic hydroxyl groups is 1. The summed E-state index contributed by atoms with van der Waals surface area (Å²) in [5.41, 5.74) is 2.59. The maximum absolute atomic E-state index is 13.2. The monoisotopic (exact) mass is 387 g/mol. The van der Waals surface area contributed by atoms with Crippen LogP contribution >= 0.6 is 11.3 Å². The highest BCUT2D eigenvalue weighted by atomic mass is 32.1. The molecule has 0 radical (unpaired) electrons. The van der Waals surface area contributed by atoms with Crippen molar-refractivity contribution in [1.82, 2.24) is 9.38 Å². The summed E-state index contributed by atoms with van der Waals surface area (Å²) in [4.78, 5) is 21.5. The first-order chi connectivity index (χ1) is 13.1. The standard InChI is InChI=1S/C20H22FN3O2S/c1-2-23(16-6-4-14(21)5-7-16)12-15-11-18(26)24-19-13(9-10-25)3-8-17(19)27-20(24)22-15/h4-7,11,13,25H,2-3,8-10,12H2,1H3. The molecule has 1 atom stereocenters. The van der Waals surface area contributed by atoms with E-state index in [-0.39, 0.29) is 23.9 Å². The van der Waals surface area contributed by atoms with Crippen molar-refractivity contribution in [2.45, 2.75) is 38.6 Å². The molecule has 0 bridgehead atoms. The molecule has 0 aliphatic heterocycles. The largest absolute Gasteiger partial charge is 0.396 e. The fraction of sp³-hybridized carbons (Fsp3) is 0.400. The van der Waals surface area contributed by atoms with Crippen LogP contribution < -0.4 is 10.5 Å². The molecule has 0 spiro atoms. The maximum Gasteiger partial charge on any atom is 0.259 e. The van der Waals surface area contributed by atoms with Gasteiger partial charge in [-0.05, 0) is 50.5 Å². The van der Waals surface area contributed by atoms with Crippen LogP contribution in [-0.4, -0.2) is 27.6 Å². The molecule has 2 heterocycles. The second-order valence-electron chi connectivity index (χ2n) is 6.85. The van der Waals surface area contributed by atoms with Crippen molar-refractivity contribution in [1.29, 1.82) is 0 Å². The average Bonchev–Trinajstić information content (AvgIpc) is 3.20. The molecule has 1 aromatic carbocycles. The van der Waals surface area contributed by atoms with E-state index in [0.29, 0.717) is 18.7 Å². The van der Waals surface area contributed by atoms with Crippen molar-refractivity contribution < 1.29 is 9.50 Å². The third-order valence-electron chi connectivity index (χ3n) is 5.19. The molecule has 1 aliphatic rings. The number of benzene rings is 1. The van der Waals surface area contributed by atoms with Crippen LogP contribution in [0.25, 0.3) is 4.96 Å². The second-order valence-corrected chi connectivity index (χ2v) is 7.91. The summed E-state index contributed by atoms with van der Waals surface area (Å²) < 4.78 is 14.9. The number of halogens is 1. The number of aromatic nitrogens is 2. The minimum atomic E-state index is -0.266. The topological polar surface area (TPSA) is 57.8 Å². The minimum Gasteiger partial charge on any atom is -0.396 e. The highest BCUT2D eigenvalue weighted by Gasteiger charge is 2.28. The van der Waals surface area contributed by atoms with Crippen molar-refractivity contribution in [3.63, 3.8) is 0 Å². The lowest BCUT2D eigenvalue weighted by atomic mass is 10.0. The van der Waals surface area contributed by atoms with Crippen LogP contribution in [0.15, 0.2) is 35.1 Å². The van der Waals surface area contributed by atoms with Crippen LogP contribution in [0, 0.1) is 5.82 Å². The quantitative estimate of drug-likeness (QED) is 0.705. The fourth-order valence-corrected chi connectivity index (χ4v) is 5.11. The first kappa shape index (κ1) is 18.1. The molecular formula is C20H22FN3O2S. The summed E-state index contributed by atoms with van der Waals surface area (Å²) in [5, 5.41) is 9.30. The van der Waals surface area contributed by atoms with E-state index >= 15 is 0 Å². The predicted molar refractivity (Wildman–Crippen MR) is 105 cm³/mol. The van der Waals surface area contributed by atoms with Gasteiger partial charge in [0.2, 0.25) is 0 Å². The van der Waals surface area contributed by atoms with Crippen molar-refractivity contribution in [3.05, 3.63) is 62.8 Å². The van der Waals surface area contributed by atoms with Gasteiger partial charge in [-0.3, -0.25) is 9.20 Å². The van der Waals surface area contributed by atoms with Crippen LogP contribution in [0.5, 0.6) is 0 Å². The molecule has 2 aromatic heterocycles. The zero-order valence-electron chi connectivity index (χ0n) is 15.2. The number of thiazole rings is 1. The average molecular weight is 387 g/mol. The Bertz CT molecular complexity index is 1010. The van der Waals surface area contributed by atoms with Gasteiger partial charge in [0.15, 0.2) is 4.96 Å². The summed E-state index contributed by atoms with van der Waals surface area (Å²) in [6, 6.07) is 7.95. The first-order valence-electron chi connectivity index (χ1n) is 9.26. The first-order valence-corrected chi connectivity index (χ1v) is 10.1. The van der Waals surface area contributed by atoms with Crippen molar-refractivity contribution in [3.8, 4) is 0 Å². The SMILES string of the molecule is CCN(Cc1cc(=O)n2c3c(sc2n1)CCC3CCO)c1ccc(F)cc1. The molecular weight excluding hydrogens is 365 g/mol. The van der Waals surface area contributed by atoms with E-state index < -0.39 is 0 Å².